The van der Waals surface area contributed by atoms with Gasteiger partial charge in [0.25, 0.3) is 5.90 Å². The molecule has 0 atom stereocenters. The maximum atomic E-state index is 12.0. The van der Waals surface area contributed by atoms with Gasteiger partial charge in [-0.25, -0.2) is 9.79 Å². The van der Waals surface area contributed by atoms with E-state index in [4.69, 9.17) is 9.15 Å². The van der Waals surface area contributed by atoms with Crippen molar-refractivity contribution in [3.8, 4) is 0 Å². The first-order valence-corrected chi connectivity index (χ1v) is 7.27. The second-order valence-electron chi connectivity index (χ2n) is 5.33. The van der Waals surface area contributed by atoms with Gasteiger partial charge in [0.1, 0.15) is 0 Å². The van der Waals surface area contributed by atoms with E-state index in [1.54, 1.807) is 18.2 Å². The van der Waals surface area contributed by atoms with Crippen molar-refractivity contribution < 1.29 is 13.9 Å². The van der Waals surface area contributed by atoms with E-state index in [9.17, 15) is 4.79 Å². The maximum Gasteiger partial charge on any atom is 0.363 e. The summed E-state index contributed by atoms with van der Waals surface area (Å²) in [5, 5.41) is 2.23. The summed E-state index contributed by atoms with van der Waals surface area (Å²) in [4.78, 5) is 16.3. The van der Waals surface area contributed by atoms with Gasteiger partial charge in [-0.1, -0.05) is 36.4 Å². The molecule has 0 N–H and O–H groups in total. The first kappa shape index (κ1) is 13.5. The molecule has 0 aliphatic carbocycles. The molecule has 0 unspecified atom stereocenters. The van der Waals surface area contributed by atoms with E-state index >= 15 is 0 Å². The van der Waals surface area contributed by atoms with Crippen molar-refractivity contribution >= 4 is 28.7 Å². The molecule has 2 heterocycles. The van der Waals surface area contributed by atoms with Gasteiger partial charge in [-0.2, -0.15) is 0 Å². The summed E-state index contributed by atoms with van der Waals surface area (Å²) in [5.41, 5.74) is 2.39. The molecule has 1 aliphatic rings. The molecule has 23 heavy (non-hydrogen) atoms. The Morgan fingerprint density at radius 1 is 1.00 bits per heavy atom. The Hall–Kier alpha value is -3.14. The van der Waals surface area contributed by atoms with Crippen molar-refractivity contribution in [2.24, 2.45) is 4.99 Å². The van der Waals surface area contributed by atoms with Gasteiger partial charge in [-0.05, 0) is 47.0 Å². The summed E-state index contributed by atoms with van der Waals surface area (Å²) in [6.07, 6.45) is 3.26. The van der Waals surface area contributed by atoms with Gasteiger partial charge >= 0.3 is 5.97 Å². The van der Waals surface area contributed by atoms with Crippen molar-refractivity contribution in [3.05, 3.63) is 77.4 Å². The zero-order chi connectivity index (χ0) is 15.8. The number of cyclic esters (lactones) is 1. The van der Waals surface area contributed by atoms with Crippen molar-refractivity contribution in [1.29, 1.82) is 0 Å². The first-order chi connectivity index (χ1) is 11.2. The predicted octanol–water partition coefficient (Wildman–Crippen LogP) is 4.09. The van der Waals surface area contributed by atoms with Crippen LogP contribution in [0.3, 0.4) is 0 Å². The molecule has 0 bridgehead atoms. The highest BCUT2D eigenvalue weighted by molar-refractivity contribution is 6.12. The van der Waals surface area contributed by atoms with Crippen LogP contribution in [-0.2, 0) is 9.53 Å². The van der Waals surface area contributed by atoms with E-state index in [2.05, 4.69) is 18.0 Å². The van der Waals surface area contributed by atoms with E-state index in [1.807, 2.05) is 30.3 Å². The van der Waals surface area contributed by atoms with Gasteiger partial charge in [-0.3, -0.25) is 0 Å². The third-order valence-electron chi connectivity index (χ3n) is 3.82. The van der Waals surface area contributed by atoms with Crippen molar-refractivity contribution in [2.45, 2.75) is 6.92 Å². The zero-order valence-corrected chi connectivity index (χ0v) is 12.4. The minimum Gasteiger partial charge on any atom is -0.459 e. The van der Waals surface area contributed by atoms with Crippen LogP contribution in [-0.4, -0.2) is 11.9 Å². The smallest absolute Gasteiger partial charge is 0.363 e. The molecule has 0 spiro atoms. The monoisotopic (exact) mass is 303 g/mol. The zero-order valence-electron chi connectivity index (χ0n) is 12.4. The van der Waals surface area contributed by atoms with E-state index in [0.29, 0.717) is 5.76 Å². The van der Waals surface area contributed by atoms with Gasteiger partial charge in [0, 0.05) is 0 Å². The minimum atomic E-state index is -0.471. The second kappa shape index (κ2) is 5.25. The van der Waals surface area contributed by atoms with Crippen LogP contribution in [0.25, 0.3) is 16.8 Å². The standard InChI is InChI=1S/C19H13NO3/c1-12-8-9-13(15-6-3-2-5-14(12)15)11-16-19(21)23-18(20-16)17-7-4-10-22-17/h2-11H,1H3/b16-11-. The number of benzene rings is 2. The predicted molar refractivity (Wildman–Crippen MR) is 88.0 cm³/mol. The van der Waals surface area contributed by atoms with Gasteiger partial charge in [0.15, 0.2) is 11.5 Å². The maximum absolute atomic E-state index is 12.0. The summed E-state index contributed by atoms with van der Waals surface area (Å²) < 4.78 is 10.4. The molecule has 4 rings (SSSR count). The number of aliphatic imine (C=N–C) groups is 1. The van der Waals surface area contributed by atoms with Crippen molar-refractivity contribution in [1.82, 2.24) is 0 Å². The number of hydrogen-bond acceptors (Lipinski definition) is 4. The molecule has 1 aromatic heterocycles. The molecule has 3 aromatic rings. The number of nitrogens with zero attached hydrogens (tertiary/aromatic N) is 1. The van der Waals surface area contributed by atoms with Gasteiger partial charge < -0.3 is 9.15 Å². The number of ether oxygens (including phenoxy) is 1. The van der Waals surface area contributed by atoms with Gasteiger partial charge in [0.2, 0.25) is 0 Å². The molecule has 0 saturated carbocycles. The molecule has 112 valence electrons. The number of rotatable bonds is 2. The Morgan fingerprint density at radius 3 is 2.61 bits per heavy atom. The fourth-order valence-corrected chi connectivity index (χ4v) is 2.66. The summed E-state index contributed by atoms with van der Waals surface area (Å²) >= 11 is 0. The Bertz CT molecular complexity index is 965. The van der Waals surface area contributed by atoms with Crippen LogP contribution in [0, 0.1) is 6.92 Å². The molecule has 0 amide bonds. The topological polar surface area (TPSA) is 51.8 Å². The molecule has 2 aromatic carbocycles. The highest BCUT2D eigenvalue weighted by Gasteiger charge is 2.25. The lowest BCUT2D eigenvalue weighted by atomic mass is 10.00. The number of carbonyl (C=O) groups is 1. The largest absolute Gasteiger partial charge is 0.459 e. The van der Waals surface area contributed by atoms with Gasteiger partial charge in [-0.15, -0.1) is 0 Å². The Morgan fingerprint density at radius 2 is 1.83 bits per heavy atom. The van der Waals surface area contributed by atoms with Crippen LogP contribution in [0.2, 0.25) is 0 Å². The van der Waals surface area contributed by atoms with Crippen LogP contribution in [0.15, 0.2) is 69.9 Å². The highest BCUT2D eigenvalue weighted by Crippen LogP contribution is 2.26. The number of furan rings is 1. The average Bonchev–Trinajstić information content (AvgIpc) is 3.21. The quantitative estimate of drug-likeness (QED) is 0.529. The van der Waals surface area contributed by atoms with E-state index in [0.717, 1.165) is 16.3 Å². The van der Waals surface area contributed by atoms with Crippen LogP contribution in [0.1, 0.15) is 16.9 Å². The second-order valence-corrected chi connectivity index (χ2v) is 5.33. The average molecular weight is 303 g/mol. The molecule has 0 saturated heterocycles. The fourth-order valence-electron chi connectivity index (χ4n) is 2.66. The van der Waals surface area contributed by atoms with Crippen LogP contribution in [0.4, 0.5) is 0 Å². The summed E-state index contributed by atoms with van der Waals surface area (Å²) in [6, 6.07) is 15.5. The third-order valence-corrected chi connectivity index (χ3v) is 3.82. The summed E-state index contributed by atoms with van der Waals surface area (Å²) in [5.74, 6) is 0.166. The van der Waals surface area contributed by atoms with Crippen molar-refractivity contribution in [2.75, 3.05) is 0 Å². The first-order valence-electron chi connectivity index (χ1n) is 7.27. The Kier molecular flexibility index (Phi) is 3.08. The van der Waals surface area contributed by atoms with Crippen LogP contribution < -0.4 is 0 Å². The molecule has 0 radical (unpaired) electrons. The lowest BCUT2D eigenvalue weighted by molar-refractivity contribution is -0.130. The lowest BCUT2D eigenvalue weighted by Gasteiger charge is -2.05. The molecule has 0 fully saturated rings. The number of esters is 1. The third kappa shape index (κ3) is 2.34. The van der Waals surface area contributed by atoms with E-state index < -0.39 is 5.97 Å². The van der Waals surface area contributed by atoms with Crippen molar-refractivity contribution in [3.63, 3.8) is 0 Å². The van der Waals surface area contributed by atoms with Gasteiger partial charge in [0.05, 0.1) is 6.26 Å². The van der Waals surface area contributed by atoms with E-state index in [-0.39, 0.29) is 11.6 Å². The number of hydrogen-bond donors (Lipinski definition) is 0. The van der Waals surface area contributed by atoms with E-state index in [1.165, 1.54) is 11.8 Å². The normalized spacial score (nSPS) is 16.0. The minimum absolute atomic E-state index is 0.197. The number of carbonyl (C=O) groups excluding carboxylic acids is 1. The van der Waals surface area contributed by atoms with Crippen LogP contribution >= 0.6 is 0 Å². The molecular weight excluding hydrogens is 290 g/mol. The SMILES string of the molecule is Cc1ccc(/C=C2\N=C(c3ccco3)OC2=O)c2ccccc12. The highest BCUT2D eigenvalue weighted by atomic mass is 16.6. The Balaban J connectivity index is 1.82. The summed E-state index contributed by atoms with van der Waals surface area (Å²) in [6.45, 7) is 2.07. The molecule has 4 heteroatoms. The molecule has 4 nitrogen and oxygen atoms in total. The van der Waals surface area contributed by atoms with Crippen LogP contribution in [0.5, 0.6) is 0 Å². The fraction of sp³-hybridized carbons (Fsp3) is 0.0526. The molecule has 1 aliphatic heterocycles. The lowest BCUT2D eigenvalue weighted by Crippen LogP contribution is -2.04. The Labute approximate surface area is 132 Å². The molecular formula is C19H13NO3. The summed E-state index contributed by atoms with van der Waals surface area (Å²) in [7, 11) is 0. The number of aryl methyl sites for hydroxylation is 1. The number of fused-ring (bicyclic) bond motifs is 1.